The van der Waals surface area contributed by atoms with Crippen molar-refractivity contribution in [1.29, 1.82) is 0 Å². The maximum Gasteiger partial charge on any atom is 0.242 e. The topological polar surface area (TPSA) is 34.4 Å². The minimum atomic E-state index is -0.314. The van der Waals surface area contributed by atoms with Crippen LogP contribution in [0.3, 0.4) is 0 Å². The zero-order valence-corrected chi connectivity index (χ0v) is 7.49. The molecule has 0 atom stereocenters. The quantitative estimate of drug-likeness (QED) is 0.501. The van der Waals surface area contributed by atoms with Gasteiger partial charge in [0.15, 0.2) is 0 Å². The van der Waals surface area contributed by atoms with Gasteiger partial charge in [-0.05, 0) is 18.2 Å². The van der Waals surface area contributed by atoms with Crippen molar-refractivity contribution >= 4 is 22.8 Å². The van der Waals surface area contributed by atoms with E-state index in [1.165, 1.54) is 18.2 Å². The first-order valence-corrected chi connectivity index (χ1v) is 4.06. The van der Waals surface area contributed by atoms with E-state index in [2.05, 4.69) is 4.99 Å². The van der Waals surface area contributed by atoms with Gasteiger partial charge >= 0.3 is 0 Å². The average molecular weight is 190 g/mol. The number of isocyanates is 1. The number of hydrogen-bond donors (Lipinski definition) is 0. The molecule has 14 heavy (non-hydrogen) atoms. The number of aliphatic imine (C=N–C) groups is 1. The molecule has 0 aliphatic rings. The van der Waals surface area contributed by atoms with Crippen LogP contribution in [0.2, 0.25) is 0 Å². The highest BCUT2D eigenvalue weighted by molar-refractivity contribution is 5.85. The fraction of sp³-hybridized carbons (Fsp3) is 0.100. The van der Waals surface area contributed by atoms with Crippen LogP contribution >= 0.6 is 0 Å². The Morgan fingerprint density at radius 3 is 2.93 bits per heavy atom. The van der Waals surface area contributed by atoms with E-state index in [9.17, 15) is 9.18 Å². The van der Waals surface area contributed by atoms with E-state index in [1.54, 1.807) is 23.7 Å². The lowest BCUT2D eigenvalue weighted by atomic mass is 10.2. The molecule has 0 aliphatic carbocycles. The monoisotopic (exact) mass is 190 g/mol. The number of carbonyl (C=O) groups excluding carboxylic acids is 1. The molecule has 1 aromatic carbocycles. The normalized spacial score (nSPS) is 10.1. The summed E-state index contributed by atoms with van der Waals surface area (Å²) in [6.45, 7) is 0. The molecular formula is C10H7FN2O. The second-order valence-corrected chi connectivity index (χ2v) is 2.94. The van der Waals surface area contributed by atoms with Gasteiger partial charge in [-0.15, -0.1) is 4.99 Å². The number of hydrogen-bond acceptors (Lipinski definition) is 2. The highest BCUT2D eigenvalue weighted by Gasteiger charge is 2.07. The molecule has 2 rings (SSSR count). The highest BCUT2D eigenvalue weighted by Crippen LogP contribution is 2.25. The maximum absolute atomic E-state index is 13.3. The minimum absolute atomic E-state index is 0.314. The molecule has 3 nitrogen and oxygen atoms in total. The largest absolute Gasteiger partial charge is 0.328 e. The third-order valence-corrected chi connectivity index (χ3v) is 2.17. The Bertz CT molecular complexity index is 538. The third kappa shape index (κ3) is 1.13. The average Bonchev–Trinajstić information content (AvgIpc) is 2.48. The van der Waals surface area contributed by atoms with Crippen LogP contribution in [0.25, 0.3) is 10.9 Å². The Morgan fingerprint density at radius 1 is 1.50 bits per heavy atom. The molecule has 4 heteroatoms. The lowest BCUT2D eigenvalue weighted by Gasteiger charge is -1.96. The van der Waals surface area contributed by atoms with Crippen LogP contribution in [0.4, 0.5) is 10.2 Å². The van der Waals surface area contributed by atoms with Gasteiger partial charge in [0.05, 0.1) is 5.52 Å². The molecular weight excluding hydrogens is 183 g/mol. The Hall–Kier alpha value is -1.93. The fourth-order valence-electron chi connectivity index (χ4n) is 1.46. The molecule has 0 fully saturated rings. The van der Waals surface area contributed by atoms with E-state index >= 15 is 0 Å². The van der Waals surface area contributed by atoms with E-state index in [0.29, 0.717) is 16.7 Å². The Kier molecular flexibility index (Phi) is 1.91. The number of aromatic nitrogens is 1. The van der Waals surface area contributed by atoms with E-state index in [4.69, 9.17) is 0 Å². The molecule has 0 saturated heterocycles. The first kappa shape index (κ1) is 8.66. The van der Waals surface area contributed by atoms with Crippen molar-refractivity contribution in [2.75, 3.05) is 0 Å². The van der Waals surface area contributed by atoms with Crippen molar-refractivity contribution in [1.82, 2.24) is 4.57 Å². The first-order chi connectivity index (χ1) is 6.74. The molecule has 2 aromatic rings. The number of nitrogens with zero attached hydrogens (tertiary/aromatic N) is 2. The number of rotatable bonds is 1. The van der Waals surface area contributed by atoms with E-state index in [1.807, 2.05) is 0 Å². The Morgan fingerprint density at radius 2 is 2.29 bits per heavy atom. The Balaban J connectivity index is 2.85. The minimum Gasteiger partial charge on any atom is -0.328 e. The molecule has 0 aliphatic heterocycles. The highest BCUT2D eigenvalue weighted by atomic mass is 19.1. The van der Waals surface area contributed by atoms with Gasteiger partial charge in [0.25, 0.3) is 0 Å². The van der Waals surface area contributed by atoms with Gasteiger partial charge in [0, 0.05) is 12.4 Å². The van der Waals surface area contributed by atoms with E-state index in [0.717, 1.165) is 0 Å². The number of halogens is 1. The predicted molar refractivity (Wildman–Crippen MR) is 50.7 cm³/mol. The van der Waals surface area contributed by atoms with Crippen LogP contribution in [0.5, 0.6) is 0 Å². The summed E-state index contributed by atoms with van der Waals surface area (Å²) in [6, 6.07) is 6.28. The molecule has 1 heterocycles. The summed E-state index contributed by atoms with van der Waals surface area (Å²) < 4.78 is 14.9. The molecule has 0 unspecified atom stereocenters. The van der Waals surface area contributed by atoms with E-state index < -0.39 is 0 Å². The Labute approximate surface area is 79.5 Å². The van der Waals surface area contributed by atoms with Crippen LogP contribution in [-0.4, -0.2) is 10.6 Å². The zero-order chi connectivity index (χ0) is 10.1. The van der Waals surface area contributed by atoms with Crippen molar-refractivity contribution in [2.24, 2.45) is 12.0 Å². The second kappa shape index (κ2) is 3.09. The summed E-state index contributed by atoms with van der Waals surface area (Å²) in [5, 5.41) is 0.462. The standard InChI is InChI=1S/C10H7FN2O/c1-13-9-4-2-3-8(11)7(9)5-10(13)12-6-14/h2-5H,1H3. The van der Waals surface area contributed by atoms with Gasteiger partial charge in [-0.2, -0.15) is 0 Å². The molecule has 0 N–H and O–H groups in total. The summed E-state index contributed by atoms with van der Waals surface area (Å²) in [7, 11) is 1.72. The summed E-state index contributed by atoms with van der Waals surface area (Å²) >= 11 is 0. The van der Waals surface area contributed by atoms with Gasteiger partial charge in [0.2, 0.25) is 6.08 Å². The fourth-order valence-corrected chi connectivity index (χ4v) is 1.46. The van der Waals surface area contributed by atoms with Gasteiger partial charge in [-0.1, -0.05) is 6.07 Å². The number of aryl methyl sites for hydroxylation is 1. The van der Waals surface area contributed by atoms with Crippen molar-refractivity contribution in [2.45, 2.75) is 0 Å². The van der Waals surface area contributed by atoms with Crippen LogP contribution in [0, 0.1) is 5.82 Å². The summed E-state index contributed by atoms with van der Waals surface area (Å²) in [6.07, 6.45) is 1.44. The predicted octanol–water partition coefficient (Wildman–Crippen LogP) is 2.28. The van der Waals surface area contributed by atoms with Crippen molar-refractivity contribution in [3.05, 3.63) is 30.1 Å². The molecule has 70 valence electrons. The maximum atomic E-state index is 13.3. The third-order valence-electron chi connectivity index (χ3n) is 2.17. The van der Waals surface area contributed by atoms with Gasteiger partial charge in [0.1, 0.15) is 11.6 Å². The van der Waals surface area contributed by atoms with Crippen LogP contribution in [0.15, 0.2) is 29.3 Å². The van der Waals surface area contributed by atoms with Crippen molar-refractivity contribution in [3.63, 3.8) is 0 Å². The van der Waals surface area contributed by atoms with Gasteiger partial charge < -0.3 is 4.57 Å². The smallest absolute Gasteiger partial charge is 0.242 e. The molecule has 0 spiro atoms. The van der Waals surface area contributed by atoms with Gasteiger partial charge in [-0.25, -0.2) is 9.18 Å². The molecule has 0 radical (unpaired) electrons. The molecule has 0 amide bonds. The van der Waals surface area contributed by atoms with Crippen LogP contribution < -0.4 is 0 Å². The SMILES string of the molecule is Cn1c(N=C=O)cc2c(F)cccc21. The summed E-state index contributed by atoms with van der Waals surface area (Å²) in [5.74, 6) is 0.0885. The van der Waals surface area contributed by atoms with Crippen molar-refractivity contribution in [3.8, 4) is 0 Å². The van der Waals surface area contributed by atoms with Gasteiger partial charge in [-0.3, -0.25) is 0 Å². The second-order valence-electron chi connectivity index (χ2n) is 2.94. The molecule has 1 aromatic heterocycles. The number of benzene rings is 1. The summed E-state index contributed by atoms with van der Waals surface area (Å²) in [4.78, 5) is 13.6. The zero-order valence-electron chi connectivity index (χ0n) is 7.49. The number of fused-ring (bicyclic) bond motifs is 1. The van der Waals surface area contributed by atoms with E-state index in [-0.39, 0.29) is 5.82 Å². The lowest BCUT2D eigenvalue weighted by Crippen LogP contribution is -1.85. The molecule has 0 bridgehead atoms. The van der Waals surface area contributed by atoms with Crippen molar-refractivity contribution < 1.29 is 9.18 Å². The lowest BCUT2D eigenvalue weighted by molar-refractivity contribution is 0.565. The summed E-state index contributed by atoms with van der Waals surface area (Å²) in [5.41, 5.74) is 0.707. The first-order valence-electron chi connectivity index (χ1n) is 4.06. The van der Waals surface area contributed by atoms with Crippen LogP contribution in [0.1, 0.15) is 0 Å². The molecule has 0 saturated carbocycles. The van der Waals surface area contributed by atoms with Crippen LogP contribution in [-0.2, 0) is 11.8 Å².